The van der Waals surface area contributed by atoms with Crippen molar-refractivity contribution in [2.75, 3.05) is 17.7 Å². The Morgan fingerprint density at radius 2 is 1.28 bits per heavy atom. The molecule has 4 aromatic rings. The standard InChI is InChI=1S/C32H31N3O4/c1-21(2)29(32(38)33-25-17-13-23(14-18-25)22-9-5-4-6-10-22)35-31(37)27-11-7-8-12-28(27)34-30(36)24-15-19-26(39-3)20-16-24/h4-21,29H,1-3H3,(H,33,38)(H,34,36)(H,35,37)/t29-/m0/s1. The van der Waals surface area contributed by atoms with Crippen LogP contribution in [0.1, 0.15) is 34.6 Å². The maximum Gasteiger partial charge on any atom is 0.255 e. The Balaban J connectivity index is 1.44. The Bertz CT molecular complexity index is 1430. The first kappa shape index (κ1) is 27.1. The molecule has 0 heterocycles. The highest BCUT2D eigenvalue weighted by atomic mass is 16.5. The predicted molar refractivity (Wildman–Crippen MR) is 154 cm³/mol. The molecule has 4 aromatic carbocycles. The number of hydrogen-bond donors (Lipinski definition) is 3. The molecule has 0 aliphatic carbocycles. The molecule has 4 rings (SSSR count). The first-order valence-electron chi connectivity index (χ1n) is 12.7. The quantitative estimate of drug-likeness (QED) is 0.251. The van der Waals surface area contributed by atoms with Crippen LogP contribution in [-0.4, -0.2) is 30.9 Å². The molecule has 0 saturated heterocycles. The van der Waals surface area contributed by atoms with E-state index in [-0.39, 0.29) is 23.3 Å². The molecule has 0 aromatic heterocycles. The van der Waals surface area contributed by atoms with Gasteiger partial charge in [-0.15, -0.1) is 0 Å². The first-order chi connectivity index (χ1) is 18.9. The average molecular weight is 522 g/mol. The number of benzene rings is 4. The van der Waals surface area contributed by atoms with Crippen molar-refractivity contribution in [3.8, 4) is 16.9 Å². The van der Waals surface area contributed by atoms with Gasteiger partial charge in [-0.3, -0.25) is 14.4 Å². The van der Waals surface area contributed by atoms with E-state index < -0.39 is 11.9 Å². The number of para-hydroxylation sites is 1. The molecule has 0 bridgehead atoms. The maximum atomic E-state index is 13.3. The Morgan fingerprint density at radius 3 is 1.92 bits per heavy atom. The van der Waals surface area contributed by atoms with Crippen LogP contribution < -0.4 is 20.7 Å². The van der Waals surface area contributed by atoms with Crippen molar-refractivity contribution < 1.29 is 19.1 Å². The predicted octanol–water partition coefficient (Wildman–Crippen LogP) is 6.01. The molecule has 0 saturated carbocycles. The third-order valence-corrected chi connectivity index (χ3v) is 6.27. The molecule has 1 atom stereocenters. The highest BCUT2D eigenvalue weighted by Crippen LogP contribution is 2.22. The Kier molecular flexibility index (Phi) is 8.74. The van der Waals surface area contributed by atoms with E-state index in [9.17, 15) is 14.4 Å². The van der Waals surface area contributed by atoms with Gasteiger partial charge in [-0.25, -0.2) is 0 Å². The molecule has 3 N–H and O–H groups in total. The van der Waals surface area contributed by atoms with Gasteiger partial charge in [-0.1, -0.05) is 68.4 Å². The van der Waals surface area contributed by atoms with Crippen LogP contribution in [0.15, 0.2) is 103 Å². The van der Waals surface area contributed by atoms with E-state index in [1.54, 1.807) is 55.6 Å². The van der Waals surface area contributed by atoms with Gasteiger partial charge in [0.25, 0.3) is 11.8 Å². The van der Waals surface area contributed by atoms with Crippen molar-refractivity contribution in [2.24, 2.45) is 5.92 Å². The molecule has 7 nitrogen and oxygen atoms in total. The Morgan fingerprint density at radius 1 is 0.667 bits per heavy atom. The molecule has 0 fully saturated rings. The number of carbonyl (C=O) groups is 3. The topological polar surface area (TPSA) is 96.5 Å². The van der Waals surface area contributed by atoms with Gasteiger partial charge in [-0.05, 0) is 65.6 Å². The lowest BCUT2D eigenvalue weighted by molar-refractivity contribution is -0.118. The van der Waals surface area contributed by atoms with Gasteiger partial charge in [0, 0.05) is 11.3 Å². The van der Waals surface area contributed by atoms with E-state index in [1.165, 1.54) is 0 Å². The largest absolute Gasteiger partial charge is 0.497 e. The number of methoxy groups -OCH3 is 1. The third-order valence-electron chi connectivity index (χ3n) is 6.27. The fourth-order valence-electron chi connectivity index (χ4n) is 4.08. The van der Waals surface area contributed by atoms with Gasteiger partial charge in [0.05, 0.1) is 18.4 Å². The second-order valence-corrected chi connectivity index (χ2v) is 9.36. The fraction of sp³-hybridized carbons (Fsp3) is 0.156. The third kappa shape index (κ3) is 6.90. The van der Waals surface area contributed by atoms with Crippen molar-refractivity contribution in [3.63, 3.8) is 0 Å². The average Bonchev–Trinajstić information content (AvgIpc) is 2.96. The fourth-order valence-corrected chi connectivity index (χ4v) is 4.08. The molecule has 0 aliphatic heterocycles. The van der Waals surface area contributed by atoms with Crippen LogP contribution in [0.3, 0.4) is 0 Å². The highest BCUT2D eigenvalue weighted by molar-refractivity contribution is 6.10. The number of nitrogens with one attached hydrogen (secondary N) is 3. The summed E-state index contributed by atoms with van der Waals surface area (Å²) in [5, 5.41) is 8.54. The van der Waals surface area contributed by atoms with Crippen molar-refractivity contribution in [2.45, 2.75) is 19.9 Å². The minimum absolute atomic E-state index is 0.182. The van der Waals surface area contributed by atoms with E-state index in [0.29, 0.717) is 22.7 Å². The van der Waals surface area contributed by atoms with Crippen LogP contribution in [0, 0.1) is 5.92 Å². The number of anilines is 2. The summed E-state index contributed by atoms with van der Waals surface area (Å²) in [5.41, 5.74) is 3.77. The van der Waals surface area contributed by atoms with Crippen LogP contribution in [0.2, 0.25) is 0 Å². The van der Waals surface area contributed by atoms with E-state index in [1.807, 2.05) is 68.4 Å². The Labute approximate surface area is 228 Å². The van der Waals surface area contributed by atoms with Crippen molar-refractivity contribution in [3.05, 3.63) is 114 Å². The lowest BCUT2D eigenvalue weighted by Gasteiger charge is -2.22. The molecule has 0 radical (unpaired) electrons. The number of hydrogen-bond acceptors (Lipinski definition) is 4. The summed E-state index contributed by atoms with van der Waals surface area (Å²) < 4.78 is 5.14. The molecule has 3 amide bonds. The van der Waals surface area contributed by atoms with Gasteiger partial charge in [0.1, 0.15) is 11.8 Å². The molecular weight excluding hydrogens is 490 g/mol. The molecule has 0 aliphatic rings. The monoisotopic (exact) mass is 521 g/mol. The summed E-state index contributed by atoms with van der Waals surface area (Å²) in [6.45, 7) is 3.72. The number of rotatable bonds is 9. The van der Waals surface area contributed by atoms with Crippen LogP contribution in [0.5, 0.6) is 5.75 Å². The van der Waals surface area contributed by atoms with Gasteiger partial charge >= 0.3 is 0 Å². The van der Waals surface area contributed by atoms with Crippen LogP contribution >= 0.6 is 0 Å². The molecule has 39 heavy (non-hydrogen) atoms. The van der Waals surface area contributed by atoms with E-state index in [4.69, 9.17) is 4.74 Å². The molecule has 0 spiro atoms. The highest BCUT2D eigenvalue weighted by Gasteiger charge is 2.26. The van der Waals surface area contributed by atoms with Gasteiger partial charge < -0.3 is 20.7 Å². The summed E-state index contributed by atoms with van der Waals surface area (Å²) in [4.78, 5) is 39.2. The lowest BCUT2D eigenvalue weighted by Crippen LogP contribution is -2.47. The van der Waals surface area contributed by atoms with E-state index >= 15 is 0 Å². The smallest absolute Gasteiger partial charge is 0.255 e. The Hall–Kier alpha value is -4.91. The SMILES string of the molecule is COc1ccc(C(=O)Nc2ccccc2C(=O)N[C@H](C(=O)Nc2ccc(-c3ccccc3)cc2)C(C)C)cc1. The molecule has 198 valence electrons. The van der Waals surface area contributed by atoms with Gasteiger partial charge in [0.15, 0.2) is 0 Å². The normalized spacial score (nSPS) is 11.4. The summed E-state index contributed by atoms with van der Waals surface area (Å²) in [6.07, 6.45) is 0. The van der Waals surface area contributed by atoms with Gasteiger partial charge in [-0.2, -0.15) is 0 Å². The maximum absolute atomic E-state index is 13.3. The zero-order chi connectivity index (χ0) is 27.8. The summed E-state index contributed by atoms with van der Waals surface area (Å²) in [7, 11) is 1.55. The number of ether oxygens (including phenoxy) is 1. The molecule has 7 heteroatoms. The second-order valence-electron chi connectivity index (χ2n) is 9.36. The number of carbonyl (C=O) groups excluding carboxylic acids is 3. The summed E-state index contributed by atoms with van der Waals surface area (Å²) >= 11 is 0. The van der Waals surface area contributed by atoms with Gasteiger partial charge in [0.2, 0.25) is 5.91 Å². The van der Waals surface area contributed by atoms with E-state index in [2.05, 4.69) is 16.0 Å². The van der Waals surface area contributed by atoms with Crippen LogP contribution in [0.4, 0.5) is 11.4 Å². The lowest BCUT2D eigenvalue weighted by atomic mass is 10.0. The zero-order valence-corrected chi connectivity index (χ0v) is 22.1. The van der Waals surface area contributed by atoms with Crippen LogP contribution in [-0.2, 0) is 4.79 Å². The minimum Gasteiger partial charge on any atom is -0.497 e. The second kappa shape index (κ2) is 12.6. The number of amides is 3. The first-order valence-corrected chi connectivity index (χ1v) is 12.7. The van der Waals surface area contributed by atoms with Crippen molar-refractivity contribution in [1.29, 1.82) is 0 Å². The minimum atomic E-state index is -0.795. The summed E-state index contributed by atoms with van der Waals surface area (Å²) in [6, 6.07) is 30.1. The van der Waals surface area contributed by atoms with Crippen LogP contribution in [0.25, 0.3) is 11.1 Å². The van der Waals surface area contributed by atoms with Crippen molar-refractivity contribution >= 4 is 29.1 Å². The molecule has 0 unspecified atom stereocenters. The van der Waals surface area contributed by atoms with E-state index in [0.717, 1.165) is 11.1 Å². The zero-order valence-electron chi connectivity index (χ0n) is 22.1. The van der Waals surface area contributed by atoms with Crippen molar-refractivity contribution in [1.82, 2.24) is 5.32 Å². The summed E-state index contributed by atoms with van der Waals surface area (Å²) in [5.74, 6) is -0.704. The molecular formula is C32H31N3O4.